The average molecular weight is 236 g/mol. The molecule has 0 saturated carbocycles. The van der Waals surface area contributed by atoms with Gasteiger partial charge in [-0.2, -0.15) is 0 Å². The number of hydrogen-bond acceptors (Lipinski definition) is 3. The molecule has 70 valence electrons. The Balaban J connectivity index is 2.31. The van der Waals surface area contributed by atoms with Crippen LogP contribution in [0.2, 0.25) is 0 Å². The summed E-state index contributed by atoms with van der Waals surface area (Å²) in [6.45, 7) is 3.19. The highest BCUT2D eigenvalue weighted by molar-refractivity contribution is 9.09. The van der Waals surface area contributed by atoms with Gasteiger partial charge in [0.25, 0.3) is 0 Å². The second-order valence-electron chi connectivity index (χ2n) is 2.86. The molecular weight excluding hydrogens is 222 g/mol. The van der Waals surface area contributed by atoms with Gasteiger partial charge in [-0.15, -0.1) is 0 Å². The van der Waals surface area contributed by atoms with Crippen molar-refractivity contribution in [1.82, 2.24) is 4.90 Å². The topological polar surface area (TPSA) is 29.5 Å². The van der Waals surface area contributed by atoms with E-state index in [4.69, 9.17) is 4.74 Å². The summed E-state index contributed by atoms with van der Waals surface area (Å²) in [5, 5.41) is 0.996. The lowest BCUT2D eigenvalue weighted by Crippen LogP contribution is -2.46. The molecule has 1 heterocycles. The molecule has 1 atom stereocenters. The second-order valence-corrected chi connectivity index (χ2v) is 3.65. The van der Waals surface area contributed by atoms with Gasteiger partial charge in [0.2, 0.25) is 0 Å². The molecule has 1 saturated heterocycles. The Hall–Kier alpha value is 0.0700. The van der Waals surface area contributed by atoms with Crippen LogP contribution in [-0.4, -0.2) is 48.9 Å². The van der Waals surface area contributed by atoms with Gasteiger partial charge < -0.3 is 9.53 Å². The number of hydrogen-bond donors (Lipinski definition) is 0. The van der Waals surface area contributed by atoms with Crippen molar-refractivity contribution >= 4 is 22.2 Å². The molecule has 1 fully saturated rings. The lowest BCUT2D eigenvalue weighted by molar-refractivity contribution is -0.118. The maximum Gasteiger partial charge on any atom is 0.139 e. The molecule has 0 aromatic rings. The first-order valence-corrected chi connectivity index (χ1v) is 5.33. The van der Waals surface area contributed by atoms with Gasteiger partial charge in [-0.3, -0.25) is 4.90 Å². The zero-order chi connectivity index (χ0) is 8.81. The van der Waals surface area contributed by atoms with Crippen molar-refractivity contribution in [3.8, 4) is 0 Å². The third kappa shape index (κ3) is 2.84. The van der Waals surface area contributed by atoms with Crippen LogP contribution >= 0.6 is 15.9 Å². The van der Waals surface area contributed by atoms with Crippen LogP contribution in [-0.2, 0) is 9.53 Å². The lowest BCUT2D eigenvalue weighted by atomic mass is 10.2. The van der Waals surface area contributed by atoms with Crippen molar-refractivity contribution < 1.29 is 9.53 Å². The molecule has 0 aliphatic carbocycles. The number of aldehydes is 1. The maximum absolute atomic E-state index is 10.6. The first-order chi connectivity index (χ1) is 5.88. The molecule has 1 unspecified atom stereocenters. The third-order valence-electron chi connectivity index (χ3n) is 2.02. The summed E-state index contributed by atoms with van der Waals surface area (Å²) in [5.74, 6) is 0. The molecule has 0 N–H and O–H groups in total. The zero-order valence-corrected chi connectivity index (χ0v) is 8.63. The zero-order valence-electron chi connectivity index (χ0n) is 7.04. The molecule has 1 aliphatic rings. The maximum atomic E-state index is 10.6. The minimum atomic E-state index is -0.0159. The SMILES string of the molecule is O=CC1COCCN1CCCBr. The van der Waals surface area contributed by atoms with Gasteiger partial charge in [0.15, 0.2) is 0 Å². The van der Waals surface area contributed by atoms with E-state index in [0.717, 1.165) is 37.7 Å². The van der Waals surface area contributed by atoms with Gasteiger partial charge >= 0.3 is 0 Å². The monoisotopic (exact) mass is 235 g/mol. The molecule has 0 spiro atoms. The van der Waals surface area contributed by atoms with E-state index >= 15 is 0 Å². The standard InChI is InChI=1S/C8H14BrNO2/c9-2-1-3-10-4-5-12-7-8(10)6-11/h6,8H,1-5,7H2. The van der Waals surface area contributed by atoms with Gasteiger partial charge in [0.05, 0.1) is 19.3 Å². The summed E-state index contributed by atoms with van der Waals surface area (Å²) < 4.78 is 5.20. The van der Waals surface area contributed by atoms with Crippen LogP contribution in [0.25, 0.3) is 0 Å². The Morgan fingerprint density at radius 2 is 2.50 bits per heavy atom. The van der Waals surface area contributed by atoms with Crippen molar-refractivity contribution in [2.45, 2.75) is 12.5 Å². The first kappa shape index (κ1) is 10.2. The smallest absolute Gasteiger partial charge is 0.139 e. The number of rotatable bonds is 4. The van der Waals surface area contributed by atoms with Gasteiger partial charge in [0, 0.05) is 11.9 Å². The Kier molecular flexibility index (Phi) is 4.80. The fourth-order valence-corrected chi connectivity index (χ4v) is 1.57. The number of alkyl halides is 1. The fraction of sp³-hybridized carbons (Fsp3) is 0.875. The molecule has 1 aliphatic heterocycles. The average Bonchev–Trinajstić information content (AvgIpc) is 2.15. The second kappa shape index (κ2) is 5.67. The van der Waals surface area contributed by atoms with E-state index in [-0.39, 0.29) is 6.04 Å². The van der Waals surface area contributed by atoms with Crippen LogP contribution in [0, 0.1) is 0 Å². The molecule has 0 amide bonds. The van der Waals surface area contributed by atoms with Crippen LogP contribution in [0.1, 0.15) is 6.42 Å². The molecular formula is C8H14BrNO2. The van der Waals surface area contributed by atoms with Crippen molar-refractivity contribution in [3.05, 3.63) is 0 Å². The highest BCUT2D eigenvalue weighted by Gasteiger charge is 2.21. The largest absolute Gasteiger partial charge is 0.378 e. The molecule has 0 radical (unpaired) electrons. The normalized spacial score (nSPS) is 25.6. The lowest BCUT2D eigenvalue weighted by Gasteiger charge is -2.31. The van der Waals surface area contributed by atoms with Crippen molar-refractivity contribution in [2.24, 2.45) is 0 Å². The van der Waals surface area contributed by atoms with Crippen molar-refractivity contribution in [2.75, 3.05) is 31.6 Å². The van der Waals surface area contributed by atoms with E-state index < -0.39 is 0 Å². The Morgan fingerprint density at radius 3 is 3.17 bits per heavy atom. The van der Waals surface area contributed by atoms with Crippen LogP contribution in [0.15, 0.2) is 0 Å². The summed E-state index contributed by atoms with van der Waals surface area (Å²) in [4.78, 5) is 12.8. The van der Waals surface area contributed by atoms with E-state index in [1.807, 2.05) is 0 Å². The van der Waals surface area contributed by atoms with Crippen LogP contribution in [0.4, 0.5) is 0 Å². The molecule has 1 rings (SSSR count). The van der Waals surface area contributed by atoms with Crippen LogP contribution in [0.3, 0.4) is 0 Å². The van der Waals surface area contributed by atoms with E-state index in [1.54, 1.807) is 0 Å². The summed E-state index contributed by atoms with van der Waals surface area (Å²) >= 11 is 3.37. The number of carbonyl (C=O) groups is 1. The highest BCUT2D eigenvalue weighted by Crippen LogP contribution is 2.05. The molecule has 0 aromatic heterocycles. The summed E-state index contributed by atoms with van der Waals surface area (Å²) in [7, 11) is 0. The Morgan fingerprint density at radius 1 is 1.67 bits per heavy atom. The molecule has 3 nitrogen and oxygen atoms in total. The van der Waals surface area contributed by atoms with Crippen LogP contribution in [0.5, 0.6) is 0 Å². The first-order valence-electron chi connectivity index (χ1n) is 4.21. The van der Waals surface area contributed by atoms with Crippen molar-refractivity contribution in [3.63, 3.8) is 0 Å². The van der Waals surface area contributed by atoms with Gasteiger partial charge in [-0.05, 0) is 13.0 Å². The predicted molar refractivity (Wildman–Crippen MR) is 50.7 cm³/mol. The molecule has 0 bridgehead atoms. The predicted octanol–water partition coefficient (Wildman–Crippen LogP) is 0.671. The minimum absolute atomic E-state index is 0.0159. The van der Waals surface area contributed by atoms with E-state index in [0.29, 0.717) is 6.61 Å². The van der Waals surface area contributed by atoms with E-state index in [2.05, 4.69) is 20.8 Å². The summed E-state index contributed by atoms with van der Waals surface area (Å²) in [6, 6.07) is -0.0159. The van der Waals surface area contributed by atoms with E-state index in [9.17, 15) is 4.79 Å². The highest BCUT2D eigenvalue weighted by atomic mass is 79.9. The summed E-state index contributed by atoms with van der Waals surface area (Å²) in [5.41, 5.74) is 0. The quantitative estimate of drug-likeness (QED) is 0.530. The van der Waals surface area contributed by atoms with Crippen LogP contribution < -0.4 is 0 Å². The van der Waals surface area contributed by atoms with Gasteiger partial charge in [-0.1, -0.05) is 15.9 Å². The Labute approximate surface area is 81.2 Å². The number of morpholine rings is 1. The number of halogens is 1. The number of nitrogens with zero attached hydrogens (tertiary/aromatic N) is 1. The van der Waals surface area contributed by atoms with Gasteiger partial charge in [0.1, 0.15) is 6.29 Å². The minimum Gasteiger partial charge on any atom is -0.378 e. The van der Waals surface area contributed by atoms with E-state index in [1.165, 1.54) is 0 Å². The molecule has 4 heteroatoms. The number of carbonyl (C=O) groups excluding carboxylic acids is 1. The molecule has 12 heavy (non-hydrogen) atoms. The van der Waals surface area contributed by atoms with Gasteiger partial charge in [-0.25, -0.2) is 0 Å². The molecule has 0 aromatic carbocycles. The third-order valence-corrected chi connectivity index (χ3v) is 2.58. The van der Waals surface area contributed by atoms with Crippen molar-refractivity contribution in [1.29, 1.82) is 0 Å². The summed E-state index contributed by atoms with van der Waals surface area (Å²) in [6.07, 6.45) is 2.07. The fourth-order valence-electron chi connectivity index (χ4n) is 1.32. The number of ether oxygens (including phenoxy) is 1. The Bertz CT molecular complexity index is 143.